The number of fused-ring (bicyclic) bond motifs is 1. The standard InChI is InChI=1S/C21H20F3N3O2/c1-11-18(13-6-4-5-7-15(13)25-11)21(29)12(2)27(3)10-17(28)26-16-9-8-14(22)19(23)20(16)24/h4-9,12,25H,10H2,1-3H3,(H,26,28)/t12-/m1/s1. The van der Waals surface area contributed by atoms with Gasteiger partial charge in [-0.1, -0.05) is 18.2 Å². The Labute approximate surface area is 165 Å². The largest absolute Gasteiger partial charge is 0.358 e. The Kier molecular flexibility index (Phi) is 5.74. The summed E-state index contributed by atoms with van der Waals surface area (Å²) < 4.78 is 40.0. The molecule has 2 aromatic carbocycles. The molecule has 1 atom stereocenters. The quantitative estimate of drug-likeness (QED) is 0.482. The smallest absolute Gasteiger partial charge is 0.238 e. The predicted octanol–water partition coefficient (Wildman–Crippen LogP) is 4.04. The van der Waals surface area contributed by atoms with Gasteiger partial charge in [0.2, 0.25) is 5.91 Å². The van der Waals surface area contributed by atoms with Gasteiger partial charge in [0.1, 0.15) is 0 Å². The number of rotatable bonds is 6. The van der Waals surface area contributed by atoms with Crippen LogP contribution in [0.4, 0.5) is 18.9 Å². The van der Waals surface area contributed by atoms with E-state index in [1.165, 1.54) is 4.90 Å². The van der Waals surface area contributed by atoms with E-state index in [2.05, 4.69) is 10.3 Å². The minimum absolute atomic E-state index is 0.172. The lowest BCUT2D eigenvalue weighted by Crippen LogP contribution is -2.41. The number of likely N-dealkylation sites (N-methyl/N-ethyl adjacent to an activating group) is 1. The van der Waals surface area contributed by atoms with Crippen LogP contribution < -0.4 is 5.32 Å². The van der Waals surface area contributed by atoms with Crippen molar-refractivity contribution in [2.45, 2.75) is 19.9 Å². The van der Waals surface area contributed by atoms with Crippen molar-refractivity contribution in [1.82, 2.24) is 9.88 Å². The number of nitrogens with zero attached hydrogens (tertiary/aromatic N) is 1. The van der Waals surface area contributed by atoms with Crippen LogP contribution in [-0.2, 0) is 4.79 Å². The fourth-order valence-corrected chi connectivity index (χ4v) is 3.18. The number of carbonyl (C=O) groups is 2. The molecule has 29 heavy (non-hydrogen) atoms. The highest BCUT2D eigenvalue weighted by Crippen LogP contribution is 2.24. The Morgan fingerprint density at radius 3 is 2.52 bits per heavy atom. The third kappa shape index (κ3) is 4.02. The highest BCUT2D eigenvalue weighted by atomic mass is 19.2. The highest BCUT2D eigenvalue weighted by Gasteiger charge is 2.26. The first-order chi connectivity index (χ1) is 13.7. The lowest BCUT2D eigenvalue weighted by atomic mass is 10.0. The van der Waals surface area contributed by atoms with E-state index < -0.39 is 35.1 Å². The first-order valence-corrected chi connectivity index (χ1v) is 8.95. The van der Waals surface area contributed by atoms with E-state index in [1.807, 2.05) is 24.3 Å². The van der Waals surface area contributed by atoms with Gasteiger partial charge in [0, 0.05) is 22.2 Å². The zero-order valence-corrected chi connectivity index (χ0v) is 16.1. The number of amides is 1. The van der Waals surface area contributed by atoms with Crippen LogP contribution in [0.15, 0.2) is 36.4 Å². The second kappa shape index (κ2) is 8.08. The van der Waals surface area contributed by atoms with Gasteiger partial charge in [-0.05, 0) is 39.1 Å². The summed E-state index contributed by atoms with van der Waals surface area (Å²) in [6.07, 6.45) is 0. The Morgan fingerprint density at radius 2 is 1.79 bits per heavy atom. The molecule has 0 spiro atoms. The first kappa shape index (κ1) is 20.6. The van der Waals surface area contributed by atoms with Gasteiger partial charge in [0.25, 0.3) is 0 Å². The predicted molar refractivity (Wildman–Crippen MR) is 104 cm³/mol. The molecule has 1 amide bonds. The topological polar surface area (TPSA) is 65.2 Å². The average Bonchev–Trinajstić information content (AvgIpc) is 3.02. The number of H-pyrrole nitrogens is 1. The number of benzene rings is 2. The molecule has 0 bridgehead atoms. The number of para-hydroxylation sites is 1. The number of Topliss-reactive ketones (excluding diaryl/α,β-unsaturated/α-hetero) is 1. The molecule has 3 rings (SSSR count). The molecule has 1 aromatic heterocycles. The molecule has 0 aliphatic heterocycles. The lowest BCUT2D eigenvalue weighted by molar-refractivity contribution is -0.117. The van der Waals surface area contributed by atoms with Crippen LogP contribution in [0.5, 0.6) is 0 Å². The zero-order valence-electron chi connectivity index (χ0n) is 16.1. The number of aryl methyl sites for hydroxylation is 1. The fraction of sp³-hybridized carbons (Fsp3) is 0.238. The Bertz CT molecular complexity index is 1090. The van der Waals surface area contributed by atoms with Crippen molar-refractivity contribution in [3.05, 3.63) is 65.1 Å². The van der Waals surface area contributed by atoms with Gasteiger partial charge >= 0.3 is 0 Å². The van der Waals surface area contributed by atoms with Crippen LogP contribution in [-0.4, -0.2) is 41.2 Å². The normalized spacial score (nSPS) is 12.4. The van der Waals surface area contributed by atoms with Gasteiger partial charge in [-0.3, -0.25) is 14.5 Å². The second-order valence-corrected chi connectivity index (χ2v) is 6.90. The van der Waals surface area contributed by atoms with Gasteiger partial charge in [-0.25, -0.2) is 13.2 Å². The van der Waals surface area contributed by atoms with E-state index in [-0.39, 0.29) is 12.3 Å². The summed E-state index contributed by atoms with van der Waals surface area (Å²) in [5.74, 6) is -5.30. The van der Waals surface area contributed by atoms with Crippen molar-refractivity contribution >= 4 is 28.3 Å². The van der Waals surface area contributed by atoms with Gasteiger partial charge in [0.05, 0.1) is 18.3 Å². The number of halogens is 3. The number of carbonyl (C=O) groups excluding carboxylic acids is 2. The summed E-state index contributed by atoms with van der Waals surface area (Å²) in [4.78, 5) is 29.9. The molecule has 0 fully saturated rings. The van der Waals surface area contributed by atoms with Gasteiger partial charge in [-0.2, -0.15) is 0 Å². The third-order valence-electron chi connectivity index (χ3n) is 4.88. The molecule has 0 aliphatic carbocycles. The number of anilines is 1. The molecule has 152 valence electrons. The van der Waals surface area contributed by atoms with E-state index in [0.717, 1.165) is 28.7 Å². The van der Waals surface area contributed by atoms with Crippen LogP contribution in [0.25, 0.3) is 10.9 Å². The number of hydrogen-bond acceptors (Lipinski definition) is 3. The second-order valence-electron chi connectivity index (χ2n) is 6.90. The zero-order chi connectivity index (χ0) is 21.3. The maximum atomic E-state index is 13.7. The van der Waals surface area contributed by atoms with Crippen molar-refractivity contribution in [2.24, 2.45) is 0 Å². The molecule has 8 heteroatoms. The molecule has 2 N–H and O–H groups in total. The minimum Gasteiger partial charge on any atom is -0.358 e. The van der Waals surface area contributed by atoms with Crippen LogP contribution >= 0.6 is 0 Å². The summed E-state index contributed by atoms with van der Waals surface area (Å²) in [7, 11) is 1.58. The first-order valence-electron chi connectivity index (χ1n) is 8.95. The molecular formula is C21H20F3N3O2. The molecule has 0 saturated heterocycles. The fourth-order valence-electron chi connectivity index (χ4n) is 3.18. The van der Waals surface area contributed by atoms with Crippen molar-refractivity contribution in [3.63, 3.8) is 0 Å². The van der Waals surface area contributed by atoms with Crippen molar-refractivity contribution in [2.75, 3.05) is 18.9 Å². The van der Waals surface area contributed by atoms with Crippen LogP contribution in [0.3, 0.4) is 0 Å². The van der Waals surface area contributed by atoms with Crippen molar-refractivity contribution in [1.29, 1.82) is 0 Å². The average molecular weight is 403 g/mol. The molecule has 0 aliphatic rings. The van der Waals surface area contributed by atoms with E-state index >= 15 is 0 Å². The summed E-state index contributed by atoms with van der Waals surface area (Å²) in [5.41, 5.74) is 1.65. The molecule has 0 saturated carbocycles. The number of nitrogens with one attached hydrogen (secondary N) is 2. The number of hydrogen-bond donors (Lipinski definition) is 2. The van der Waals surface area contributed by atoms with E-state index in [9.17, 15) is 22.8 Å². The molecule has 1 heterocycles. The number of ketones is 1. The minimum atomic E-state index is -1.66. The number of aromatic amines is 1. The van der Waals surface area contributed by atoms with Crippen LogP contribution in [0, 0.1) is 24.4 Å². The van der Waals surface area contributed by atoms with Crippen LogP contribution in [0.1, 0.15) is 23.0 Å². The highest BCUT2D eigenvalue weighted by molar-refractivity contribution is 6.11. The van der Waals surface area contributed by atoms with Crippen LogP contribution in [0.2, 0.25) is 0 Å². The maximum absolute atomic E-state index is 13.7. The van der Waals surface area contributed by atoms with Crippen molar-refractivity contribution < 1.29 is 22.8 Å². The molecule has 5 nitrogen and oxygen atoms in total. The lowest BCUT2D eigenvalue weighted by Gasteiger charge is -2.23. The summed E-state index contributed by atoms with van der Waals surface area (Å²) >= 11 is 0. The van der Waals surface area contributed by atoms with Crippen molar-refractivity contribution in [3.8, 4) is 0 Å². The Hall–Kier alpha value is -3.13. The van der Waals surface area contributed by atoms with Gasteiger partial charge in [-0.15, -0.1) is 0 Å². The number of aromatic nitrogens is 1. The summed E-state index contributed by atoms with van der Waals surface area (Å²) in [6.45, 7) is 3.22. The molecule has 0 radical (unpaired) electrons. The van der Waals surface area contributed by atoms with Gasteiger partial charge < -0.3 is 10.3 Å². The Balaban J connectivity index is 1.72. The maximum Gasteiger partial charge on any atom is 0.238 e. The molecular weight excluding hydrogens is 383 g/mol. The Morgan fingerprint density at radius 1 is 1.10 bits per heavy atom. The SMILES string of the molecule is Cc1[nH]c2ccccc2c1C(=O)[C@@H](C)N(C)CC(=O)Nc1ccc(F)c(F)c1F. The van der Waals surface area contributed by atoms with E-state index in [1.54, 1.807) is 20.9 Å². The summed E-state index contributed by atoms with van der Waals surface area (Å²) in [6, 6.07) is 8.44. The monoisotopic (exact) mass is 403 g/mol. The van der Waals surface area contributed by atoms with E-state index in [0.29, 0.717) is 5.56 Å². The molecule has 3 aromatic rings. The third-order valence-corrected chi connectivity index (χ3v) is 4.88. The summed E-state index contributed by atoms with van der Waals surface area (Å²) in [5, 5.41) is 2.99. The van der Waals surface area contributed by atoms with Gasteiger partial charge in [0.15, 0.2) is 23.2 Å². The molecule has 0 unspecified atom stereocenters. The van der Waals surface area contributed by atoms with E-state index in [4.69, 9.17) is 0 Å².